The van der Waals surface area contributed by atoms with Gasteiger partial charge in [0.25, 0.3) is 5.69 Å². The maximum Gasteiger partial charge on any atom is 0.288 e. The highest BCUT2D eigenvalue weighted by Gasteiger charge is 2.08. The number of nitrogens with one attached hydrogen (secondary N) is 1. The molecule has 0 spiro atoms. The molecule has 0 radical (unpaired) electrons. The molecule has 0 aliphatic rings. The zero-order chi connectivity index (χ0) is 9.42. The summed E-state index contributed by atoms with van der Waals surface area (Å²) in [5.74, 6) is 0. The van der Waals surface area contributed by atoms with E-state index in [1.54, 1.807) is 6.20 Å². The second kappa shape index (κ2) is 2.55. The van der Waals surface area contributed by atoms with Crippen LogP contribution in [0.1, 0.15) is 5.56 Å². The lowest BCUT2D eigenvalue weighted by atomic mass is 10.2. The smallest absolute Gasteiger partial charge is 0.288 e. The molecule has 0 aliphatic heterocycles. The number of pyridine rings is 1. The van der Waals surface area contributed by atoms with Gasteiger partial charge >= 0.3 is 0 Å². The van der Waals surface area contributed by atoms with Crippen LogP contribution in [-0.4, -0.2) is 14.9 Å². The third kappa shape index (κ3) is 1.14. The second-order valence-corrected chi connectivity index (χ2v) is 2.82. The molecular formula is C8H7N3O2. The van der Waals surface area contributed by atoms with E-state index in [0.717, 1.165) is 10.9 Å². The van der Waals surface area contributed by atoms with Gasteiger partial charge in [0.2, 0.25) is 0 Å². The van der Waals surface area contributed by atoms with Crippen molar-refractivity contribution in [2.45, 2.75) is 6.92 Å². The Morgan fingerprint density at radius 1 is 1.62 bits per heavy atom. The fourth-order valence-corrected chi connectivity index (χ4v) is 1.22. The van der Waals surface area contributed by atoms with Crippen LogP contribution in [-0.2, 0) is 0 Å². The average Bonchev–Trinajstić information content (AvgIpc) is 2.47. The maximum atomic E-state index is 10.4. The molecule has 0 saturated heterocycles. The van der Waals surface area contributed by atoms with Crippen molar-refractivity contribution in [2.24, 2.45) is 0 Å². The molecule has 0 atom stereocenters. The Morgan fingerprint density at radius 2 is 2.38 bits per heavy atom. The number of aromatic amines is 1. The Labute approximate surface area is 73.6 Å². The molecule has 2 aromatic heterocycles. The SMILES string of the molecule is Cc1c[nH]c2ncc([N+](=O)[O-])cc12. The van der Waals surface area contributed by atoms with Gasteiger partial charge in [0, 0.05) is 17.6 Å². The van der Waals surface area contributed by atoms with E-state index >= 15 is 0 Å². The summed E-state index contributed by atoms with van der Waals surface area (Å²) in [6.45, 7) is 1.88. The summed E-state index contributed by atoms with van der Waals surface area (Å²) in [5.41, 5.74) is 1.67. The largest absolute Gasteiger partial charge is 0.346 e. The highest BCUT2D eigenvalue weighted by molar-refractivity contribution is 5.81. The van der Waals surface area contributed by atoms with Crippen LogP contribution < -0.4 is 0 Å². The van der Waals surface area contributed by atoms with Crippen molar-refractivity contribution < 1.29 is 4.92 Å². The second-order valence-electron chi connectivity index (χ2n) is 2.82. The first-order valence-electron chi connectivity index (χ1n) is 3.76. The third-order valence-electron chi connectivity index (χ3n) is 1.93. The quantitative estimate of drug-likeness (QED) is 0.533. The van der Waals surface area contributed by atoms with Crippen LogP contribution in [0, 0.1) is 17.0 Å². The van der Waals surface area contributed by atoms with Gasteiger partial charge in [0.1, 0.15) is 11.8 Å². The van der Waals surface area contributed by atoms with E-state index in [1.807, 2.05) is 6.92 Å². The van der Waals surface area contributed by atoms with Crippen molar-refractivity contribution in [3.05, 3.63) is 34.1 Å². The Kier molecular flexibility index (Phi) is 1.51. The molecule has 13 heavy (non-hydrogen) atoms. The van der Waals surface area contributed by atoms with Crippen LogP contribution in [0.25, 0.3) is 11.0 Å². The Bertz CT molecular complexity index is 475. The van der Waals surface area contributed by atoms with Crippen LogP contribution in [0.5, 0.6) is 0 Å². The van der Waals surface area contributed by atoms with E-state index in [0.29, 0.717) is 5.65 Å². The van der Waals surface area contributed by atoms with E-state index < -0.39 is 4.92 Å². The summed E-state index contributed by atoms with van der Waals surface area (Å²) in [6.07, 6.45) is 3.03. The maximum absolute atomic E-state index is 10.4. The van der Waals surface area contributed by atoms with Crippen LogP contribution in [0.4, 0.5) is 5.69 Å². The lowest BCUT2D eigenvalue weighted by molar-refractivity contribution is -0.385. The van der Waals surface area contributed by atoms with Crippen molar-refractivity contribution in [3.8, 4) is 0 Å². The molecule has 0 fully saturated rings. The molecular weight excluding hydrogens is 170 g/mol. The van der Waals surface area contributed by atoms with E-state index in [1.165, 1.54) is 12.3 Å². The van der Waals surface area contributed by atoms with Crippen LogP contribution in [0.3, 0.4) is 0 Å². The summed E-state index contributed by atoms with van der Waals surface area (Å²) in [6, 6.07) is 1.52. The minimum atomic E-state index is -0.446. The predicted molar refractivity (Wildman–Crippen MR) is 47.5 cm³/mol. The summed E-state index contributed by atoms with van der Waals surface area (Å²) in [7, 11) is 0. The molecule has 66 valence electrons. The van der Waals surface area contributed by atoms with Crippen molar-refractivity contribution >= 4 is 16.7 Å². The van der Waals surface area contributed by atoms with E-state index in [4.69, 9.17) is 0 Å². The van der Waals surface area contributed by atoms with Gasteiger partial charge in [-0.15, -0.1) is 0 Å². The first-order valence-corrected chi connectivity index (χ1v) is 3.76. The minimum absolute atomic E-state index is 0.0233. The first-order chi connectivity index (χ1) is 6.18. The van der Waals surface area contributed by atoms with Gasteiger partial charge in [-0.05, 0) is 12.5 Å². The zero-order valence-corrected chi connectivity index (χ0v) is 6.94. The molecule has 0 unspecified atom stereocenters. The summed E-state index contributed by atoms with van der Waals surface area (Å²) < 4.78 is 0. The Balaban J connectivity index is 2.72. The van der Waals surface area contributed by atoms with Gasteiger partial charge in [-0.3, -0.25) is 10.1 Å². The van der Waals surface area contributed by atoms with Gasteiger partial charge < -0.3 is 4.98 Å². The number of hydrogen-bond donors (Lipinski definition) is 1. The molecule has 0 aromatic carbocycles. The summed E-state index contributed by atoms with van der Waals surface area (Å²) in [4.78, 5) is 16.8. The van der Waals surface area contributed by atoms with Crippen molar-refractivity contribution in [3.63, 3.8) is 0 Å². The van der Waals surface area contributed by atoms with Gasteiger partial charge in [-0.25, -0.2) is 4.98 Å². The van der Waals surface area contributed by atoms with Crippen LogP contribution in [0.15, 0.2) is 18.5 Å². The van der Waals surface area contributed by atoms with Gasteiger partial charge in [0.15, 0.2) is 0 Å². The Hall–Kier alpha value is -1.91. The molecule has 0 bridgehead atoms. The number of H-pyrrole nitrogens is 1. The van der Waals surface area contributed by atoms with Crippen molar-refractivity contribution in [1.82, 2.24) is 9.97 Å². The van der Waals surface area contributed by atoms with Crippen LogP contribution >= 0.6 is 0 Å². The highest BCUT2D eigenvalue weighted by atomic mass is 16.6. The van der Waals surface area contributed by atoms with Crippen LogP contribution in [0.2, 0.25) is 0 Å². The number of rotatable bonds is 1. The molecule has 0 aliphatic carbocycles. The lowest BCUT2D eigenvalue weighted by Crippen LogP contribution is -1.88. The summed E-state index contributed by atoms with van der Waals surface area (Å²) in [5, 5.41) is 11.2. The van der Waals surface area contributed by atoms with Gasteiger partial charge in [-0.2, -0.15) is 0 Å². The first kappa shape index (κ1) is 7.72. The predicted octanol–water partition coefficient (Wildman–Crippen LogP) is 1.78. The Morgan fingerprint density at radius 3 is 3.08 bits per heavy atom. The number of nitro groups is 1. The average molecular weight is 177 g/mol. The molecule has 1 N–H and O–H groups in total. The molecule has 2 aromatic rings. The lowest BCUT2D eigenvalue weighted by Gasteiger charge is -1.91. The van der Waals surface area contributed by atoms with E-state index in [2.05, 4.69) is 9.97 Å². The van der Waals surface area contributed by atoms with E-state index in [-0.39, 0.29) is 5.69 Å². The monoisotopic (exact) mass is 177 g/mol. The van der Waals surface area contributed by atoms with Crippen molar-refractivity contribution in [2.75, 3.05) is 0 Å². The minimum Gasteiger partial charge on any atom is -0.346 e. The fourth-order valence-electron chi connectivity index (χ4n) is 1.22. The number of aryl methyl sites for hydroxylation is 1. The molecule has 5 nitrogen and oxygen atoms in total. The number of aromatic nitrogens is 2. The van der Waals surface area contributed by atoms with Crippen molar-refractivity contribution in [1.29, 1.82) is 0 Å². The molecule has 2 rings (SSSR count). The third-order valence-corrected chi connectivity index (χ3v) is 1.93. The van der Waals surface area contributed by atoms with E-state index in [9.17, 15) is 10.1 Å². The molecule has 0 saturated carbocycles. The fraction of sp³-hybridized carbons (Fsp3) is 0.125. The molecule has 0 amide bonds. The number of hydrogen-bond acceptors (Lipinski definition) is 3. The van der Waals surface area contributed by atoms with Gasteiger partial charge in [0.05, 0.1) is 4.92 Å². The topological polar surface area (TPSA) is 71.8 Å². The number of nitrogens with zero attached hydrogens (tertiary/aromatic N) is 2. The zero-order valence-electron chi connectivity index (χ0n) is 6.94. The number of fused-ring (bicyclic) bond motifs is 1. The highest BCUT2D eigenvalue weighted by Crippen LogP contribution is 2.20. The summed E-state index contributed by atoms with van der Waals surface area (Å²) >= 11 is 0. The van der Waals surface area contributed by atoms with Gasteiger partial charge in [-0.1, -0.05) is 0 Å². The standard InChI is InChI=1S/C8H7N3O2/c1-5-3-9-8-7(5)2-6(4-10-8)11(12)13/h2-4H,1H3,(H,9,10). The molecule has 2 heterocycles. The molecule has 5 heteroatoms. The normalized spacial score (nSPS) is 10.5.